The Morgan fingerprint density at radius 3 is 1.96 bits per heavy atom. The molecule has 0 unspecified atom stereocenters. The average Bonchev–Trinajstić information content (AvgIpc) is 2.94. The molecule has 3 heteroatoms. The normalized spacial score (nSPS) is 17.1. The Labute approximate surface area is 146 Å². The van der Waals surface area contributed by atoms with E-state index < -0.39 is 0 Å². The van der Waals surface area contributed by atoms with Crippen LogP contribution in [0.2, 0.25) is 0 Å². The van der Waals surface area contributed by atoms with Crippen molar-refractivity contribution in [2.45, 2.75) is 41.5 Å². The van der Waals surface area contributed by atoms with Gasteiger partial charge in [0, 0.05) is 23.8 Å². The maximum absolute atomic E-state index is 6.46. The van der Waals surface area contributed by atoms with Gasteiger partial charge in [0.05, 0.1) is 11.3 Å². The second-order valence-electron chi connectivity index (χ2n) is 6.67. The van der Waals surface area contributed by atoms with E-state index in [2.05, 4.69) is 70.8 Å². The molecule has 120 valence electrons. The number of rotatable bonds is 2. The van der Waals surface area contributed by atoms with Crippen molar-refractivity contribution < 1.29 is 4.49 Å². The van der Waals surface area contributed by atoms with Crippen LogP contribution in [-0.4, -0.2) is 23.2 Å². The number of H-pyrrole nitrogens is 1. The van der Waals surface area contributed by atoms with Crippen LogP contribution in [0.15, 0.2) is 47.2 Å². The monoisotopic (exact) mass is 315 g/mol. The molecule has 1 aliphatic rings. The molecule has 24 heavy (non-hydrogen) atoms. The van der Waals surface area contributed by atoms with Gasteiger partial charge in [-0.05, 0) is 51.3 Å². The van der Waals surface area contributed by atoms with Crippen LogP contribution in [0.25, 0.3) is 5.57 Å². The Morgan fingerprint density at radius 2 is 1.50 bits per heavy atom. The van der Waals surface area contributed by atoms with Crippen LogP contribution in [0.5, 0.6) is 0 Å². The molecule has 0 saturated carbocycles. The molecule has 0 amide bonds. The fourth-order valence-corrected chi connectivity index (χ4v) is 3.38. The molecule has 1 aromatic carbocycles. The van der Waals surface area contributed by atoms with Crippen molar-refractivity contribution in [3.05, 3.63) is 75.3 Å². The van der Waals surface area contributed by atoms with E-state index in [9.17, 15) is 0 Å². The summed E-state index contributed by atoms with van der Waals surface area (Å²) in [6.45, 7) is 12.8. The summed E-state index contributed by atoms with van der Waals surface area (Å²) in [6.07, 6.45) is 0. The van der Waals surface area contributed by atoms with E-state index >= 15 is 0 Å². The lowest BCUT2D eigenvalue weighted by Gasteiger charge is -2.12. The highest BCUT2D eigenvalue weighted by molar-refractivity contribution is 6.09. The maximum Gasteiger partial charge on any atom is 0.587 e. The van der Waals surface area contributed by atoms with E-state index in [0.29, 0.717) is 0 Å². The van der Waals surface area contributed by atoms with E-state index in [1.165, 1.54) is 39.1 Å². The molecule has 2 aromatic rings. The summed E-state index contributed by atoms with van der Waals surface area (Å²) in [5.41, 5.74) is 12.0. The summed E-state index contributed by atoms with van der Waals surface area (Å²) in [6, 6.07) is 10.5. The van der Waals surface area contributed by atoms with Crippen LogP contribution in [0, 0.1) is 20.8 Å². The van der Waals surface area contributed by atoms with E-state index in [4.69, 9.17) is 7.98 Å². The molecular formula is C21H24BN2+. The number of nitrogens with zero attached hydrogens (tertiary/aromatic N) is 1. The van der Waals surface area contributed by atoms with Crippen molar-refractivity contribution in [2.75, 3.05) is 0 Å². The van der Waals surface area contributed by atoms with Gasteiger partial charge in [-0.1, -0.05) is 30.3 Å². The van der Waals surface area contributed by atoms with Crippen LogP contribution in [0.4, 0.5) is 0 Å². The van der Waals surface area contributed by atoms with Gasteiger partial charge in [0.15, 0.2) is 11.4 Å². The highest BCUT2D eigenvalue weighted by atomic mass is 15.0. The Morgan fingerprint density at radius 1 is 0.875 bits per heavy atom. The lowest BCUT2D eigenvalue weighted by Crippen LogP contribution is -2.12. The molecule has 3 rings (SSSR count). The highest BCUT2D eigenvalue weighted by Gasteiger charge is 2.32. The zero-order chi connectivity index (χ0) is 17.6. The van der Waals surface area contributed by atoms with Crippen LogP contribution >= 0.6 is 0 Å². The fraction of sp³-hybridized carbons (Fsp3) is 0.286. The van der Waals surface area contributed by atoms with Crippen LogP contribution in [0.1, 0.15) is 48.8 Å². The molecule has 0 fully saturated rings. The van der Waals surface area contributed by atoms with E-state index in [0.717, 1.165) is 17.1 Å². The van der Waals surface area contributed by atoms with E-state index in [1.54, 1.807) is 0 Å². The third-order valence-corrected chi connectivity index (χ3v) is 5.42. The van der Waals surface area contributed by atoms with Crippen molar-refractivity contribution in [3.8, 4) is 0 Å². The van der Waals surface area contributed by atoms with Gasteiger partial charge in [-0.2, -0.15) is 0 Å². The molecule has 0 saturated heterocycles. The number of aromatic amines is 1. The first kappa shape index (κ1) is 16.6. The zero-order valence-electron chi connectivity index (χ0n) is 15.4. The first-order chi connectivity index (χ1) is 11.3. The number of aryl methyl sites for hydroxylation is 1. The Bertz CT molecular complexity index is 883. The second kappa shape index (κ2) is 5.97. The van der Waals surface area contributed by atoms with Crippen LogP contribution in [0.3, 0.4) is 0 Å². The average molecular weight is 315 g/mol. The third kappa shape index (κ3) is 2.39. The van der Waals surface area contributed by atoms with Crippen molar-refractivity contribution >= 4 is 19.3 Å². The molecular weight excluding hydrogens is 291 g/mol. The van der Waals surface area contributed by atoms with Gasteiger partial charge in [0.25, 0.3) is 0 Å². The first-order valence-electron chi connectivity index (χ1n) is 8.37. The van der Waals surface area contributed by atoms with Gasteiger partial charge in [-0.25, -0.2) is 0 Å². The summed E-state index contributed by atoms with van der Waals surface area (Å²) in [4.78, 5) is 3.59. The minimum Gasteiger partial charge on any atom is -0.358 e. The molecule has 1 aromatic heterocycles. The third-order valence-electron chi connectivity index (χ3n) is 5.42. The number of hydrogen-bond acceptors (Lipinski definition) is 0. The van der Waals surface area contributed by atoms with Crippen molar-refractivity contribution in [3.63, 3.8) is 0 Å². The molecule has 0 atom stereocenters. The van der Waals surface area contributed by atoms with E-state index in [1.807, 2.05) is 10.6 Å². The van der Waals surface area contributed by atoms with Gasteiger partial charge in [-0.3, -0.25) is 4.49 Å². The Balaban J connectivity index is 2.42. The summed E-state index contributed by atoms with van der Waals surface area (Å²) in [5, 5.41) is 0. The van der Waals surface area contributed by atoms with E-state index in [-0.39, 0.29) is 0 Å². The van der Waals surface area contributed by atoms with Crippen LogP contribution in [-0.2, 0) is 0 Å². The van der Waals surface area contributed by atoms with Crippen molar-refractivity contribution in [2.24, 2.45) is 0 Å². The molecule has 1 N–H and O–H groups in total. The summed E-state index contributed by atoms with van der Waals surface area (Å²) in [7, 11) is 6.46. The minimum absolute atomic E-state index is 1.08. The largest absolute Gasteiger partial charge is 0.587 e. The van der Waals surface area contributed by atoms with Gasteiger partial charge < -0.3 is 4.98 Å². The molecule has 2 nitrogen and oxygen atoms in total. The number of benzene rings is 1. The SMILES string of the molecule is [B][N+]1=C(C)C(C)=C(C)/C1=C(\c1ccccc1)c1[nH]c(C)c(C)c1C. The minimum atomic E-state index is 1.08. The number of hydrogen-bond donors (Lipinski definition) is 1. The number of aromatic nitrogens is 1. The Kier molecular flexibility index (Phi) is 4.12. The first-order valence-corrected chi connectivity index (χ1v) is 8.37. The molecule has 2 radical (unpaired) electrons. The lowest BCUT2D eigenvalue weighted by molar-refractivity contribution is -0.302. The van der Waals surface area contributed by atoms with Crippen LogP contribution < -0.4 is 0 Å². The van der Waals surface area contributed by atoms with Gasteiger partial charge in [0.1, 0.15) is 0 Å². The predicted octanol–water partition coefficient (Wildman–Crippen LogP) is 4.61. The number of nitrogens with one attached hydrogen (secondary N) is 1. The standard InChI is InChI=1S/C21H24BN2/c1-12-14(3)20(23-16(12)5)19(18-10-8-7-9-11-18)21-15(4)13(2)17(6)24(21)22/h7-11,23H,1-6H3/q+1. The smallest absolute Gasteiger partial charge is 0.358 e. The van der Waals surface area contributed by atoms with Gasteiger partial charge >= 0.3 is 7.98 Å². The molecule has 0 bridgehead atoms. The van der Waals surface area contributed by atoms with Crippen molar-refractivity contribution in [1.29, 1.82) is 0 Å². The van der Waals surface area contributed by atoms with Gasteiger partial charge in [-0.15, -0.1) is 0 Å². The fourth-order valence-electron chi connectivity index (χ4n) is 3.38. The summed E-state index contributed by atoms with van der Waals surface area (Å²) in [5.74, 6) is 0. The second-order valence-corrected chi connectivity index (χ2v) is 6.67. The zero-order valence-corrected chi connectivity index (χ0v) is 15.4. The molecule has 2 heterocycles. The topological polar surface area (TPSA) is 18.8 Å². The maximum atomic E-state index is 6.46. The van der Waals surface area contributed by atoms with Gasteiger partial charge in [0.2, 0.25) is 0 Å². The molecule has 0 aliphatic carbocycles. The quantitative estimate of drug-likeness (QED) is 0.781. The van der Waals surface area contributed by atoms with Crippen molar-refractivity contribution in [1.82, 2.24) is 4.98 Å². The summed E-state index contributed by atoms with van der Waals surface area (Å²) < 4.78 is 1.83. The number of allylic oxidation sites excluding steroid dienone is 2. The predicted molar refractivity (Wildman–Crippen MR) is 103 cm³/mol. The lowest BCUT2D eigenvalue weighted by atomic mass is 9.93. The summed E-state index contributed by atoms with van der Waals surface area (Å²) >= 11 is 0. The Hall–Kier alpha value is -2.29. The molecule has 0 spiro atoms. The molecule has 1 aliphatic heterocycles. The highest BCUT2D eigenvalue weighted by Crippen LogP contribution is 2.36.